The average Bonchev–Trinajstić information content (AvgIpc) is 2.45. The molecule has 0 unspecified atom stereocenters. The van der Waals surface area contributed by atoms with Gasteiger partial charge in [-0.3, -0.25) is 14.9 Å². The molecule has 0 spiro atoms. The minimum atomic E-state index is -1.43. The summed E-state index contributed by atoms with van der Waals surface area (Å²) in [5.74, 6) is -1.44. The number of hydrogen-bond donors (Lipinski definition) is 2. The van der Waals surface area contributed by atoms with Crippen molar-refractivity contribution in [2.75, 3.05) is 20.3 Å². The van der Waals surface area contributed by atoms with E-state index in [1.54, 1.807) is 0 Å². The highest BCUT2D eigenvalue weighted by molar-refractivity contribution is 6.57. The SMILES string of the molecule is BC(=O)NCCCOc1cc([N+](=O)[O-])c(C(=O)O)cc1OC. The second-order valence-electron chi connectivity index (χ2n) is 4.27. The van der Waals surface area contributed by atoms with Gasteiger partial charge in [-0.15, -0.1) is 0 Å². The summed E-state index contributed by atoms with van der Waals surface area (Å²) in [7, 11) is 2.69. The van der Waals surface area contributed by atoms with E-state index in [0.29, 0.717) is 13.0 Å². The first-order valence-electron chi connectivity index (χ1n) is 6.33. The normalized spacial score (nSPS) is 9.86. The minimum Gasteiger partial charge on any atom is -0.493 e. The predicted octanol–water partition coefficient (Wildman–Crippen LogP) is 0.413. The Kier molecular flexibility index (Phi) is 6.17. The molecule has 9 nitrogen and oxygen atoms in total. The molecule has 1 aromatic rings. The van der Waals surface area contributed by atoms with Gasteiger partial charge in [0.2, 0.25) is 7.85 Å². The quantitative estimate of drug-likeness (QED) is 0.308. The van der Waals surface area contributed by atoms with Crippen LogP contribution in [0.25, 0.3) is 0 Å². The molecule has 0 saturated carbocycles. The third kappa shape index (κ3) is 4.65. The van der Waals surface area contributed by atoms with Gasteiger partial charge in [0.1, 0.15) is 5.56 Å². The zero-order chi connectivity index (χ0) is 16.7. The molecule has 0 aliphatic carbocycles. The molecule has 0 heterocycles. The van der Waals surface area contributed by atoms with Crippen molar-refractivity contribution in [2.45, 2.75) is 6.42 Å². The average molecular weight is 310 g/mol. The molecule has 0 aliphatic rings. The zero-order valence-corrected chi connectivity index (χ0v) is 12.1. The van der Waals surface area contributed by atoms with Crippen LogP contribution in [0.3, 0.4) is 0 Å². The molecule has 2 N–H and O–H groups in total. The second kappa shape index (κ2) is 7.86. The lowest BCUT2D eigenvalue weighted by Gasteiger charge is -2.11. The van der Waals surface area contributed by atoms with Gasteiger partial charge in [0.05, 0.1) is 24.7 Å². The molecule has 0 bridgehead atoms. The number of carboxylic acids is 1. The number of carbonyl (C=O) groups excluding carboxylic acids is 1. The number of nitrogens with zero attached hydrogens (tertiary/aromatic N) is 1. The number of ether oxygens (including phenoxy) is 2. The fourth-order valence-corrected chi connectivity index (χ4v) is 1.66. The topological polar surface area (TPSA) is 128 Å². The van der Waals surface area contributed by atoms with Crippen LogP contribution in [0, 0.1) is 10.1 Å². The van der Waals surface area contributed by atoms with Gasteiger partial charge in [-0.25, -0.2) is 4.79 Å². The van der Waals surface area contributed by atoms with E-state index in [2.05, 4.69) is 5.32 Å². The van der Waals surface area contributed by atoms with Crippen LogP contribution in [-0.2, 0) is 0 Å². The van der Waals surface area contributed by atoms with Gasteiger partial charge in [0, 0.05) is 12.6 Å². The van der Waals surface area contributed by atoms with Gasteiger partial charge < -0.3 is 19.9 Å². The molecule has 0 aliphatic heterocycles. The second-order valence-corrected chi connectivity index (χ2v) is 4.27. The molecule has 22 heavy (non-hydrogen) atoms. The molecule has 0 aromatic heterocycles. The Morgan fingerprint density at radius 1 is 1.41 bits per heavy atom. The van der Waals surface area contributed by atoms with Crippen molar-refractivity contribution in [1.82, 2.24) is 5.32 Å². The Morgan fingerprint density at radius 2 is 2.09 bits per heavy atom. The fourth-order valence-electron chi connectivity index (χ4n) is 1.66. The molecule has 0 radical (unpaired) electrons. The third-order valence-corrected chi connectivity index (χ3v) is 2.66. The van der Waals surface area contributed by atoms with Crippen molar-refractivity contribution in [3.63, 3.8) is 0 Å². The Morgan fingerprint density at radius 3 is 2.59 bits per heavy atom. The van der Waals surface area contributed by atoms with Crippen LogP contribution >= 0.6 is 0 Å². The number of hydrogen-bond acceptors (Lipinski definition) is 6. The third-order valence-electron chi connectivity index (χ3n) is 2.66. The number of nitrogens with one attached hydrogen (secondary N) is 1. The standard InChI is InChI=1S/C12H15BN2O7/c1-21-9-5-7(11(16)17)8(15(19)20)6-10(9)22-4-2-3-14-12(13)18/h5-6H,2-4,13H2,1H3,(H,14,18)(H,16,17). The van der Waals surface area contributed by atoms with Crippen molar-refractivity contribution in [3.8, 4) is 11.5 Å². The molecule has 1 amide bonds. The number of methoxy groups -OCH3 is 1. The molecule has 1 aromatic carbocycles. The number of aromatic carboxylic acids is 1. The maximum absolute atomic E-state index is 11.0. The van der Waals surface area contributed by atoms with Crippen LogP contribution in [0.15, 0.2) is 12.1 Å². The van der Waals surface area contributed by atoms with Gasteiger partial charge in [-0.1, -0.05) is 0 Å². The summed E-state index contributed by atoms with van der Waals surface area (Å²) < 4.78 is 10.3. The van der Waals surface area contributed by atoms with Crippen molar-refractivity contribution in [1.29, 1.82) is 0 Å². The molecule has 0 fully saturated rings. The van der Waals surface area contributed by atoms with Crippen molar-refractivity contribution in [3.05, 3.63) is 27.8 Å². The summed E-state index contributed by atoms with van der Waals surface area (Å²) in [4.78, 5) is 31.9. The fraction of sp³-hybridized carbons (Fsp3) is 0.333. The first kappa shape index (κ1) is 17.3. The van der Waals surface area contributed by atoms with Crippen LogP contribution in [0.2, 0.25) is 0 Å². The Balaban J connectivity index is 2.89. The summed E-state index contributed by atoms with van der Waals surface area (Å²) in [6, 6.07) is 2.06. The number of carbonyl (C=O) groups is 2. The number of nitro benzene ring substituents is 1. The molecule has 1 rings (SSSR count). The van der Waals surface area contributed by atoms with Gasteiger partial charge in [0.15, 0.2) is 17.3 Å². The predicted molar refractivity (Wildman–Crippen MR) is 78.7 cm³/mol. The zero-order valence-electron chi connectivity index (χ0n) is 12.1. The first-order chi connectivity index (χ1) is 10.4. The Labute approximate surface area is 126 Å². The van der Waals surface area contributed by atoms with E-state index in [1.165, 1.54) is 15.0 Å². The lowest BCUT2D eigenvalue weighted by Crippen LogP contribution is -2.23. The maximum Gasteiger partial charge on any atom is 0.342 e. The van der Waals surface area contributed by atoms with Gasteiger partial charge >= 0.3 is 5.97 Å². The molecule has 10 heteroatoms. The number of amides is 1. The number of benzene rings is 1. The van der Waals surface area contributed by atoms with Crippen molar-refractivity contribution >= 4 is 25.3 Å². The molecular weight excluding hydrogens is 295 g/mol. The van der Waals surface area contributed by atoms with Gasteiger partial charge in [0.25, 0.3) is 5.69 Å². The molecule has 0 saturated heterocycles. The van der Waals surface area contributed by atoms with Gasteiger partial charge in [-0.05, 0) is 6.42 Å². The lowest BCUT2D eigenvalue weighted by molar-refractivity contribution is -0.385. The van der Waals surface area contributed by atoms with Crippen LogP contribution < -0.4 is 14.8 Å². The number of carboxylic acid groups (broad SMARTS) is 1. The van der Waals surface area contributed by atoms with Crippen LogP contribution in [-0.4, -0.2) is 49.9 Å². The summed E-state index contributed by atoms with van der Waals surface area (Å²) in [6.07, 6.45) is 0.483. The summed E-state index contributed by atoms with van der Waals surface area (Å²) >= 11 is 0. The van der Waals surface area contributed by atoms with E-state index in [4.69, 9.17) is 14.6 Å². The monoisotopic (exact) mass is 310 g/mol. The van der Waals surface area contributed by atoms with E-state index in [0.717, 1.165) is 12.1 Å². The summed E-state index contributed by atoms with van der Waals surface area (Å²) in [6.45, 7) is 0.577. The van der Waals surface area contributed by atoms with Crippen LogP contribution in [0.4, 0.5) is 10.5 Å². The highest BCUT2D eigenvalue weighted by Crippen LogP contribution is 2.34. The highest BCUT2D eigenvalue weighted by atomic mass is 16.6. The molecule has 118 valence electrons. The van der Waals surface area contributed by atoms with E-state index in [9.17, 15) is 19.7 Å². The van der Waals surface area contributed by atoms with E-state index >= 15 is 0 Å². The highest BCUT2D eigenvalue weighted by Gasteiger charge is 2.24. The van der Waals surface area contributed by atoms with E-state index in [-0.39, 0.29) is 23.9 Å². The number of rotatable bonds is 8. The van der Waals surface area contributed by atoms with Crippen LogP contribution in [0.1, 0.15) is 16.8 Å². The van der Waals surface area contributed by atoms with E-state index in [1.807, 2.05) is 0 Å². The van der Waals surface area contributed by atoms with Crippen LogP contribution in [0.5, 0.6) is 11.5 Å². The minimum absolute atomic E-state index is 0.0713. The van der Waals surface area contributed by atoms with E-state index < -0.39 is 22.1 Å². The summed E-state index contributed by atoms with van der Waals surface area (Å²) in [5.41, 5.74) is -1.06. The molecular formula is C12H15BN2O7. The Bertz CT molecular complexity index is 591. The maximum atomic E-state index is 11.0. The van der Waals surface area contributed by atoms with Gasteiger partial charge in [-0.2, -0.15) is 0 Å². The smallest absolute Gasteiger partial charge is 0.342 e. The lowest BCUT2D eigenvalue weighted by atomic mass is 10.1. The van der Waals surface area contributed by atoms with Crippen molar-refractivity contribution in [2.24, 2.45) is 0 Å². The molecule has 0 atom stereocenters. The van der Waals surface area contributed by atoms with Crippen molar-refractivity contribution < 1.29 is 29.1 Å². The largest absolute Gasteiger partial charge is 0.493 e. The Hall–Kier alpha value is -2.78. The first-order valence-corrected chi connectivity index (χ1v) is 6.33. The summed E-state index contributed by atoms with van der Waals surface area (Å²) in [5, 5.41) is 22.5. The number of nitro groups is 1.